The van der Waals surface area contributed by atoms with Crippen molar-refractivity contribution in [3.8, 4) is 0 Å². The second kappa shape index (κ2) is 6.37. The largest absolute Gasteiger partial charge is 0.375 e. The van der Waals surface area contributed by atoms with E-state index in [2.05, 4.69) is 5.32 Å². The van der Waals surface area contributed by atoms with Gasteiger partial charge in [-0.15, -0.1) is 12.4 Å². The Hall–Kier alpha value is -1.10. The van der Waals surface area contributed by atoms with Crippen LogP contribution in [0.25, 0.3) is 0 Å². The molecular weight excluding hydrogens is 264 g/mol. The van der Waals surface area contributed by atoms with Crippen LogP contribution in [0.3, 0.4) is 0 Å². The topological polar surface area (TPSA) is 41.6 Å². The highest BCUT2D eigenvalue weighted by Gasteiger charge is 2.33. The second-order valence-electron chi connectivity index (χ2n) is 4.94. The molecule has 2 saturated heterocycles. The number of halogens is 1. The maximum Gasteiger partial charge on any atom is 0.253 e. The van der Waals surface area contributed by atoms with Gasteiger partial charge in [0.15, 0.2) is 0 Å². The van der Waals surface area contributed by atoms with Gasteiger partial charge in [0.05, 0.1) is 12.7 Å². The van der Waals surface area contributed by atoms with Gasteiger partial charge >= 0.3 is 0 Å². The first-order chi connectivity index (χ1) is 8.84. The minimum Gasteiger partial charge on any atom is -0.375 e. The zero-order valence-electron chi connectivity index (χ0n) is 10.7. The minimum atomic E-state index is 0. The number of carbonyl (C=O) groups excluding carboxylic acids is 1. The van der Waals surface area contributed by atoms with Gasteiger partial charge < -0.3 is 15.0 Å². The zero-order chi connectivity index (χ0) is 12.4. The van der Waals surface area contributed by atoms with Crippen LogP contribution in [-0.4, -0.2) is 49.7 Å². The van der Waals surface area contributed by atoms with Gasteiger partial charge in [0.25, 0.3) is 5.91 Å². The predicted octanol–water partition coefficient (Wildman–Crippen LogP) is 1.17. The van der Waals surface area contributed by atoms with Crippen LogP contribution in [-0.2, 0) is 4.74 Å². The van der Waals surface area contributed by atoms with Gasteiger partial charge in [0.1, 0.15) is 0 Å². The average molecular weight is 283 g/mol. The predicted molar refractivity (Wildman–Crippen MR) is 75.7 cm³/mol. The van der Waals surface area contributed by atoms with E-state index in [-0.39, 0.29) is 24.4 Å². The van der Waals surface area contributed by atoms with E-state index >= 15 is 0 Å². The normalized spacial score (nSPS) is 26.2. The molecule has 2 fully saturated rings. The summed E-state index contributed by atoms with van der Waals surface area (Å²) in [6, 6.07) is 9.49. The van der Waals surface area contributed by atoms with Crippen molar-refractivity contribution >= 4 is 18.3 Å². The summed E-state index contributed by atoms with van der Waals surface area (Å²) in [6.07, 6.45) is 0.276. The third-order valence-corrected chi connectivity index (χ3v) is 3.73. The number of carbonyl (C=O) groups is 1. The van der Waals surface area contributed by atoms with E-state index in [0.29, 0.717) is 19.1 Å². The van der Waals surface area contributed by atoms with E-state index in [1.165, 1.54) is 0 Å². The zero-order valence-corrected chi connectivity index (χ0v) is 11.6. The molecule has 0 spiro atoms. The van der Waals surface area contributed by atoms with E-state index in [1.807, 2.05) is 35.2 Å². The van der Waals surface area contributed by atoms with Crippen LogP contribution in [0.4, 0.5) is 0 Å². The Kier molecular flexibility index (Phi) is 4.80. The van der Waals surface area contributed by atoms with E-state index in [4.69, 9.17) is 4.74 Å². The Bertz CT molecular complexity index is 427. The number of ether oxygens (including phenoxy) is 1. The number of fused-ring (bicyclic) bond motifs is 1. The molecule has 1 amide bonds. The molecule has 0 aliphatic carbocycles. The van der Waals surface area contributed by atoms with Crippen LogP contribution in [0, 0.1) is 5.92 Å². The van der Waals surface area contributed by atoms with E-state index in [0.717, 1.165) is 25.2 Å². The van der Waals surface area contributed by atoms with Crippen molar-refractivity contribution in [3.63, 3.8) is 0 Å². The fourth-order valence-corrected chi connectivity index (χ4v) is 2.72. The van der Waals surface area contributed by atoms with Crippen LogP contribution < -0.4 is 5.32 Å². The maximum absolute atomic E-state index is 12.4. The summed E-state index contributed by atoms with van der Waals surface area (Å²) < 4.78 is 5.79. The van der Waals surface area contributed by atoms with Crippen molar-refractivity contribution in [2.24, 2.45) is 5.92 Å². The van der Waals surface area contributed by atoms with Crippen molar-refractivity contribution in [3.05, 3.63) is 35.9 Å². The smallest absolute Gasteiger partial charge is 0.253 e. The lowest BCUT2D eigenvalue weighted by Gasteiger charge is -2.23. The third kappa shape index (κ3) is 3.08. The number of rotatable bonds is 1. The molecular formula is C14H19ClN2O2. The quantitative estimate of drug-likeness (QED) is 0.841. The Morgan fingerprint density at radius 3 is 2.84 bits per heavy atom. The molecule has 1 aromatic carbocycles. The first kappa shape index (κ1) is 14.3. The van der Waals surface area contributed by atoms with Gasteiger partial charge in [-0.3, -0.25) is 4.79 Å². The van der Waals surface area contributed by atoms with Gasteiger partial charge in [-0.25, -0.2) is 0 Å². The Labute approximate surface area is 119 Å². The highest BCUT2D eigenvalue weighted by Crippen LogP contribution is 2.19. The summed E-state index contributed by atoms with van der Waals surface area (Å²) in [4.78, 5) is 14.3. The lowest BCUT2D eigenvalue weighted by atomic mass is 10.1. The van der Waals surface area contributed by atoms with Gasteiger partial charge in [-0.2, -0.15) is 0 Å². The third-order valence-electron chi connectivity index (χ3n) is 3.73. The molecule has 4 nitrogen and oxygen atoms in total. The van der Waals surface area contributed by atoms with Crippen LogP contribution in [0.5, 0.6) is 0 Å². The summed E-state index contributed by atoms with van der Waals surface area (Å²) in [5.41, 5.74) is 0.766. The first-order valence-corrected chi connectivity index (χ1v) is 6.51. The van der Waals surface area contributed by atoms with Crippen molar-refractivity contribution in [1.29, 1.82) is 0 Å². The maximum atomic E-state index is 12.4. The van der Waals surface area contributed by atoms with E-state index in [9.17, 15) is 4.79 Å². The molecule has 2 heterocycles. The van der Waals surface area contributed by atoms with Crippen LogP contribution in [0.1, 0.15) is 10.4 Å². The molecule has 19 heavy (non-hydrogen) atoms. The standard InChI is InChI=1S/C14H18N2O2.ClH/c17-14(11-4-2-1-3-5-11)16-6-7-18-13-9-15-8-12(13)10-16;/h1-5,12-13,15H,6-10H2;1H/t12-,13-;/m1./s1. The Morgan fingerprint density at radius 2 is 2.05 bits per heavy atom. The number of hydrogen-bond donors (Lipinski definition) is 1. The molecule has 1 N–H and O–H groups in total. The lowest BCUT2D eigenvalue weighted by Crippen LogP contribution is -2.37. The SMILES string of the molecule is Cl.O=C(c1ccccc1)N1CCO[C@@H]2CNC[C@@H]2C1. The number of nitrogens with zero attached hydrogens (tertiary/aromatic N) is 1. The van der Waals surface area contributed by atoms with Crippen molar-refractivity contribution in [2.45, 2.75) is 6.10 Å². The summed E-state index contributed by atoms with van der Waals surface area (Å²) in [5.74, 6) is 0.548. The van der Waals surface area contributed by atoms with Gasteiger partial charge in [0.2, 0.25) is 0 Å². The Balaban J connectivity index is 0.00000133. The molecule has 0 unspecified atom stereocenters. The van der Waals surface area contributed by atoms with E-state index in [1.54, 1.807) is 0 Å². The molecule has 2 aliphatic heterocycles. The van der Waals surface area contributed by atoms with Gasteiger partial charge in [-0.1, -0.05) is 18.2 Å². The molecule has 0 saturated carbocycles. The van der Waals surface area contributed by atoms with Crippen molar-refractivity contribution < 1.29 is 9.53 Å². The number of hydrogen-bond acceptors (Lipinski definition) is 3. The van der Waals surface area contributed by atoms with Gasteiger partial charge in [-0.05, 0) is 12.1 Å². The lowest BCUT2D eigenvalue weighted by molar-refractivity contribution is 0.0561. The fraction of sp³-hybridized carbons (Fsp3) is 0.500. The van der Waals surface area contributed by atoms with Gasteiger partial charge in [0, 0.05) is 37.7 Å². The highest BCUT2D eigenvalue weighted by molar-refractivity contribution is 5.94. The first-order valence-electron chi connectivity index (χ1n) is 6.51. The molecule has 0 radical (unpaired) electrons. The summed E-state index contributed by atoms with van der Waals surface area (Å²) in [6.45, 7) is 3.99. The van der Waals surface area contributed by atoms with Crippen LogP contribution in [0.2, 0.25) is 0 Å². The van der Waals surface area contributed by atoms with E-state index < -0.39 is 0 Å². The number of amides is 1. The molecule has 5 heteroatoms. The van der Waals surface area contributed by atoms with Crippen molar-refractivity contribution in [2.75, 3.05) is 32.8 Å². The number of benzene rings is 1. The Morgan fingerprint density at radius 1 is 1.26 bits per heavy atom. The molecule has 0 bridgehead atoms. The van der Waals surface area contributed by atoms with Crippen LogP contribution in [0.15, 0.2) is 30.3 Å². The molecule has 2 atom stereocenters. The summed E-state index contributed by atoms with van der Waals surface area (Å²) in [7, 11) is 0. The van der Waals surface area contributed by atoms with Crippen molar-refractivity contribution in [1.82, 2.24) is 10.2 Å². The fourth-order valence-electron chi connectivity index (χ4n) is 2.72. The molecule has 2 aliphatic rings. The monoisotopic (exact) mass is 282 g/mol. The molecule has 104 valence electrons. The molecule has 0 aromatic heterocycles. The molecule has 1 aromatic rings. The highest BCUT2D eigenvalue weighted by atomic mass is 35.5. The summed E-state index contributed by atoms with van der Waals surface area (Å²) >= 11 is 0. The van der Waals surface area contributed by atoms with Crippen LogP contribution >= 0.6 is 12.4 Å². The number of nitrogens with one attached hydrogen (secondary N) is 1. The molecule has 3 rings (SSSR count). The minimum absolute atomic E-state index is 0. The second-order valence-corrected chi connectivity index (χ2v) is 4.94. The average Bonchev–Trinajstić information content (AvgIpc) is 2.76. The summed E-state index contributed by atoms with van der Waals surface area (Å²) in [5, 5.41) is 3.33.